The molecule has 0 saturated carbocycles. The van der Waals surface area contributed by atoms with Crippen LogP contribution in [0.1, 0.15) is 26.7 Å². The molecule has 1 heterocycles. The van der Waals surface area contributed by atoms with Crippen molar-refractivity contribution < 1.29 is 14.7 Å². The number of aliphatic carboxylic acids is 1. The van der Waals surface area contributed by atoms with Gasteiger partial charge in [-0.3, -0.25) is 4.79 Å². The van der Waals surface area contributed by atoms with E-state index in [1.165, 1.54) is 0 Å². The Hall–Kier alpha value is -1.30. The maximum Gasteiger partial charge on any atom is 0.317 e. The van der Waals surface area contributed by atoms with Gasteiger partial charge in [0.15, 0.2) is 0 Å². The molecule has 1 unspecified atom stereocenters. The zero-order chi connectivity index (χ0) is 13.8. The molecule has 1 rings (SSSR count). The number of hydrogen-bond acceptors (Lipinski definition) is 3. The molecular weight excluding hydrogens is 234 g/mol. The summed E-state index contributed by atoms with van der Waals surface area (Å²) in [6.45, 7) is 5.72. The van der Waals surface area contributed by atoms with Gasteiger partial charge in [-0.2, -0.15) is 0 Å². The molecule has 0 aromatic rings. The van der Waals surface area contributed by atoms with E-state index in [9.17, 15) is 9.59 Å². The molecule has 1 saturated heterocycles. The van der Waals surface area contributed by atoms with Gasteiger partial charge in [-0.05, 0) is 39.2 Å². The first-order valence-corrected chi connectivity index (χ1v) is 6.33. The molecular formula is C12H23N3O3. The number of carboxylic acid groups (broad SMARTS) is 1. The summed E-state index contributed by atoms with van der Waals surface area (Å²) in [4.78, 5) is 24.4. The van der Waals surface area contributed by atoms with Gasteiger partial charge in [-0.15, -0.1) is 0 Å². The average Bonchev–Trinajstić information content (AvgIpc) is 2.76. The largest absolute Gasteiger partial charge is 0.481 e. The minimum atomic E-state index is -0.846. The third kappa shape index (κ3) is 3.87. The Morgan fingerprint density at radius 1 is 1.50 bits per heavy atom. The van der Waals surface area contributed by atoms with Gasteiger partial charge in [0.1, 0.15) is 0 Å². The quantitative estimate of drug-likeness (QED) is 0.667. The SMILES string of the molecule is CC(C)(CCNC(=O)N1CCC(CN)C1)C(=O)O. The fourth-order valence-corrected chi connectivity index (χ4v) is 1.91. The van der Waals surface area contributed by atoms with Gasteiger partial charge < -0.3 is 21.1 Å². The lowest BCUT2D eigenvalue weighted by atomic mass is 9.90. The maximum absolute atomic E-state index is 11.8. The van der Waals surface area contributed by atoms with Gasteiger partial charge in [0.25, 0.3) is 0 Å². The van der Waals surface area contributed by atoms with Crippen LogP contribution in [-0.4, -0.2) is 48.2 Å². The van der Waals surface area contributed by atoms with E-state index in [0.29, 0.717) is 32.0 Å². The molecule has 1 aliphatic heterocycles. The number of amides is 2. The Morgan fingerprint density at radius 3 is 2.67 bits per heavy atom. The molecule has 6 heteroatoms. The van der Waals surface area contributed by atoms with Crippen LogP contribution in [0.2, 0.25) is 0 Å². The molecule has 0 radical (unpaired) electrons. The van der Waals surface area contributed by atoms with Crippen LogP contribution in [-0.2, 0) is 4.79 Å². The highest BCUT2D eigenvalue weighted by Crippen LogP contribution is 2.19. The number of rotatable bonds is 5. The second kappa shape index (κ2) is 6.04. The lowest BCUT2D eigenvalue weighted by Crippen LogP contribution is -2.40. The van der Waals surface area contributed by atoms with Crippen molar-refractivity contribution in [3.63, 3.8) is 0 Å². The van der Waals surface area contributed by atoms with E-state index in [1.54, 1.807) is 18.7 Å². The van der Waals surface area contributed by atoms with E-state index in [1.807, 2.05) is 0 Å². The third-order valence-electron chi connectivity index (χ3n) is 3.51. The van der Waals surface area contributed by atoms with Crippen LogP contribution >= 0.6 is 0 Å². The number of urea groups is 1. The summed E-state index contributed by atoms with van der Waals surface area (Å²) in [6.07, 6.45) is 1.37. The van der Waals surface area contributed by atoms with Crippen LogP contribution in [0.5, 0.6) is 0 Å². The summed E-state index contributed by atoms with van der Waals surface area (Å²) in [5.74, 6) is -0.452. The Bertz CT molecular complexity index is 318. The second-order valence-corrected chi connectivity index (χ2v) is 5.51. The predicted octanol–water partition coefficient (Wildman–Crippen LogP) is 0.478. The minimum absolute atomic E-state index is 0.118. The smallest absolute Gasteiger partial charge is 0.317 e. The molecule has 0 aromatic carbocycles. The molecule has 0 aliphatic carbocycles. The molecule has 6 nitrogen and oxygen atoms in total. The second-order valence-electron chi connectivity index (χ2n) is 5.51. The van der Waals surface area contributed by atoms with Crippen LogP contribution in [0.3, 0.4) is 0 Å². The van der Waals surface area contributed by atoms with Crippen molar-refractivity contribution in [3.8, 4) is 0 Å². The summed E-state index contributed by atoms with van der Waals surface area (Å²) >= 11 is 0. The van der Waals surface area contributed by atoms with Crippen LogP contribution < -0.4 is 11.1 Å². The van der Waals surface area contributed by atoms with E-state index in [0.717, 1.165) is 13.0 Å². The molecule has 1 aliphatic rings. The molecule has 0 spiro atoms. The van der Waals surface area contributed by atoms with Crippen molar-refractivity contribution in [2.24, 2.45) is 17.1 Å². The molecule has 1 fully saturated rings. The zero-order valence-corrected chi connectivity index (χ0v) is 11.1. The molecule has 18 heavy (non-hydrogen) atoms. The van der Waals surface area contributed by atoms with Crippen LogP contribution in [0.25, 0.3) is 0 Å². The molecule has 2 amide bonds. The standard InChI is InChI=1S/C12H23N3O3/c1-12(2,10(16)17)4-5-14-11(18)15-6-3-9(7-13)8-15/h9H,3-8,13H2,1-2H3,(H,14,18)(H,16,17). The Morgan fingerprint density at radius 2 is 2.17 bits per heavy atom. The first kappa shape index (κ1) is 14.8. The van der Waals surface area contributed by atoms with Gasteiger partial charge in [0.2, 0.25) is 0 Å². The molecule has 0 aromatic heterocycles. The van der Waals surface area contributed by atoms with Crippen molar-refractivity contribution in [2.45, 2.75) is 26.7 Å². The van der Waals surface area contributed by atoms with Crippen LogP contribution in [0.15, 0.2) is 0 Å². The first-order chi connectivity index (χ1) is 8.36. The first-order valence-electron chi connectivity index (χ1n) is 6.33. The number of hydrogen-bond donors (Lipinski definition) is 3. The average molecular weight is 257 g/mol. The zero-order valence-electron chi connectivity index (χ0n) is 11.1. The highest BCUT2D eigenvalue weighted by atomic mass is 16.4. The van der Waals surface area contributed by atoms with E-state index in [2.05, 4.69) is 5.32 Å². The number of nitrogens with zero attached hydrogens (tertiary/aromatic N) is 1. The topological polar surface area (TPSA) is 95.7 Å². The predicted molar refractivity (Wildman–Crippen MR) is 68.2 cm³/mol. The molecule has 104 valence electrons. The van der Waals surface area contributed by atoms with Gasteiger partial charge in [0.05, 0.1) is 5.41 Å². The van der Waals surface area contributed by atoms with Crippen molar-refractivity contribution in [2.75, 3.05) is 26.2 Å². The summed E-state index contributed by atoms with van der Waals surface area (Å²) in [7, 11) is 0. The van der Waals surface area contributed by atoms with Crippen molar-refractivity contribution in [1.82, 2.24) is 10.2 Å². The Kier molecular flexibility index (Phi) is 4.95. The van der Waals surface area contributed by atoms with Gasteiger partial charge in [-0.1, -0.05) is 0 Å². The maximum atomic E-state index is 11.8. The Labute approximate surface area is 108 Å². The molecule has 0 bridgehead atoms. The number of carbonyl (C=O) groups is 2. The number of carboxylic acids is 1. The van der Waals surface area contributed by atoms with Crippen molar-refractivity contribution in [3.05, 3.63) is 0 Å². The van der Waals surface area contributed by atoms with Crippen LogP contribution in [0, 0.1) is 11.3 Å². The molecule has 4 N–H and O–H groups in total. The van der Waals surface area contributed by atoms with Crippen LogP contribution in [0.4, 0.5) is 4.79 Å². The van der Waals surface area contributed by atoms with Gasteiger partial charge >= 0.3 is 12.0 Å². The van der Waals surface area contributed by atoms with E-state index < -0.39 is 11.4 Å². The van der Waals surface area contributed by atoms with E-state index in [4.69, 9.17) is 10.8 Å². The van der Waals surface area contributed by atoms with Crippen molar-refractivity contribution in [1.29, 1.82) is 0 Å². The van der Waals surface area contributed by atoms with Crippen molar-refractivity contribution >= 4 is 12.0 Å². The van der Waals surface area contributed by atoms with Gasteiger partial charge in [0, 0.05) is 19.6 Å². The summed E-state index contributed by atoms with van der Waals surface area (Å²) in [6, 6.07) is -0.118. The Balaban J connectivity index is 2.28. The summed E-state index contributed by atoms with van der Waals surface area (Å²) in [5, 5.41) is 11.7. The summed E-state index contributed by atoms with van der Waals surface area (Å²) < 4.78 is 0. The number of carbonyl (C=O) groups excluding carboxylic acids is 1. The lowest BCUT2D eigenvalue weighted by Gasteiger charge is -2.21. The number of nitrogens with two attached hydrogens (primary N) is 1. The summed E-state index contributed by atoms with van der Waals surface area (Å²) in [5.41, 5.74) is 4.76. The van der Waals surface area contributed by atoms with E-state index in [-0.39, 0.29) is 6.03 Å². The highest BCUT2D eigenvalue weighted by molar-refractivity contribution is 5.75. The van der Waals surface area contributed by atoms with E-state index >= 15 is 0 Å². The normalized spacial score (nSPS) is 19.9. The molecule has 1 atom stereocenters. The minimum Gasteiger partial charge on any atom is -0.481 e. The lowest BCUT2D eigenvalue weighted by molar-refractivity contribution is -0.147. The van der Waals surface area contributed by atoms with Gasteiger partial charge in [-0.25, -0.2) is 4.79 Å². The fraction of sp³-hybridized carbons (Fsp3) is 0.833. The highest BCUT2D eigenvalue weighted by Gasteiger charge is 2.28. The fourth-order valence-electron chi connectivity index (χ4n) is 1.91. The number of likely N-dealkylation sites (tertiary alicyclic amines) is 1. The third-order valence-corrected chi connectivity index (χ3v) is 3.51. The number of nitrogens with one attached hydrogen (secondary N) is 1. The monoisotopic (exact) mass is 257 g/mol.